The Balaban J connectivity index is 0.00000289. The second-order valence-corrected chi connectivity index (χ2v) is 4.21. The predicted octanol–water partition coefficient (Wildman–Crippen LogP) is 1.28. The Morgan fingerprint density at radius 1 is 1.44 bits per heavy atom. The van der Waals surface area contributed by atoms with Crippen LogP contribution in [0.5, 0.6) is 0 Å². The maximum absolute atomic E-state index is 12.2. The first kappa shape index (κ1) is 17.8. The zero-order chi connectivity index (χ0) is 12.9. The highest BCUT2D eigenvalue weighted by Crippen LogP contribution is 2.22. The molecule has 0 amide bonds. The molecule has 8 heteroatoms. The molecule has 1 aliphatic heterocycles. The molecule has 1 aliphatic rings. The van der Waals surface area contributed by atoms with Crippen LogP contribution in [0.1, 0.15) is 6.42 Å². The Morgan fingerprint density at radius 3 is 2.61 bits per heavy atom. The number of nitrogens with zero attached hydrogens (tertiary/aromatic N) is 2. The maximum Gasteiger partial charge on any atom is 0.401 e. The molecule has 1 fully saturated rings. The monoisotopic (exact) mass is 380 g/mol. The van der Waals surface area contributed by atoms with Crippen molar-refractivity contribution in [2.24, 2.45) is 10.9 Å². The van der Waals surface area contributed by atoms with Gasteiger partial charge in [-0.3, -0.25) is 9.89 Å². The Bertz CT molecular complexity index is 270. The molecule has 18 heavy (non-hydrogen) atoms. The number of alkyl halides is 3. The lowest BCUT2D eigenvalue weighted by molar-refractivity contribution is -0.143. The number of hydrogen-bond donors (Lipinski definition) is 2. The Labute approximate surface area is 122 Å². The van der Waals surface area contributed by atoms with Crippen molar-refractivity contribution in [1.29, 1.82) is 0 Å². The van der Waals surface area contributed by atoms with Crippen molar-refractivity contribution in [3.63, 3.8) is 0 Å². The van der Waals surface area contributed by atoms with Gasteiger partial charge in [-0.25, -0.2) is 0 Å². The standard InChI is InChI=1S/C10H19F3N4.HI/c1-14-9(15-2)16-5-8-3-4-17(6-8)7-10(11,12)13;/h8H,3-7H2,1-2H3,(H2,14,15,16);1H. The number of halogens is 4. The fourth-order valence-corrected chi connectivity index (χ4v) is 2.00. The van der Waals surface area contributed by atoms with Gasteiger partial charge in [-0.15, -0.1) is 24.0 Å². The molecule has 0 aromatic rings. The number of aliphatic imine (C=N–C) groups is 1. The summed E-state index contributed by atoms with van der Waals surface area (Å²) in [7, 11) is 3.41. The van der Waals surface area contributed by atoms with Gasteiger partial charge in [0, 0.05) is 27.2 Å². The largest absolute Gasteiger partial charge is 0.401 e. The lowest BCUT2D eigenvalue weighted by atomic mass is 10.1. The smallest absolute Gasteiger partial charge is 0.359 e. The van der Waals surface area contributed by atoms with E-state index in [1.54, 1.807) is 14.1 Å². The van der Waals surface area contributed by atoms with E-state index in [4.69, 9.17) is 0 Å². The van der Waals surface area contributed by atoms with Crippen LogP contribution in [-0.4, -0.2) is 57.3 Å². The Kier molecular flexibility index (Phi) is 7.92. The SMILES string of the molecule is CN=C(NC)NCC1CCN(CC(F)(F)F)C1.I. The van der Waals surface area contributed by atoms with E-state index in [1.165, 1.54) is 4.90 Å². The summed E-state index contributed by atoms with van der Waals surface area (Å²) in [6.45, 7) is 0.864. The summed E-state index contributed by atoms with van der Waals surface area (Å²) in [5.41, 5.74) is 0. The number of guanidine groups is 1. The summed E-state index contributed by atoms with van der Waals surface area (Å²) in [6, 6.07) is 0. The van der Waals surface area contributed by atoms with Gasteiger partial charge < -0.3 is 10.6 Å². The second kappa shape index (κ2) is 8.03. The van der Waals surface area contributed by atoms with Crippen LogP contribution >= 0.6 is 24.0 Å². The minimum Gasteiger partial charge on any atom is -0.359 e. The first-order valence-electron chi connectivity index (χ1n) is 5.62. The predicted molar refractivity (Wildman–Crippen MR) is 76.4 cm³/mol. The van der Waals surface area contributed by atoms with Crippen LogP contribution < -0.4 is 10.6 Å². The van der Waals surface area contributed by atoms with Crippen molar-refractivity contribution in [2.75, 3.05) is 40.3 Å². The van der Waals surface area contributed by atoms with E-state index >= 15 is 0 Å². The number of hydrogen-bond acceptors (Lipinski definition) is 2. The van der Waals surface area contributed by atoms with Crippen molar-refractivity contribution in [1.82, 2.24) is 15.5 Å². The first-order valence-corrected chi connectivity index (χ1v) is 5.62. The summed E-state index contributed by atoms with van der Waals surface area (Å²) < 4.78 is 36.5. The molecular weight excluding hydrogens is 360 g/mol. The number of likely N-dealkylation sites (tertiary alicyclic amines) is 1. The average molecular weight is 380 g/mol. The van der Waals surface area contributed by atoms with Crippen molar-refractivity contribution >= 4 is 29.9 Å². The van der Waals surface area contributed by atoms with Gasteiger partial charge in [0.2, 0.25) is 0 Å². The highest BCUT2D eigenvalue weighted by molar-refractivity contribution is 14.0. The van der Waals surface area contributed by atoms with Crippen LogP contribution in [0.3, 0.4) is 0 Å². The normalized spacial score (nSPS) is 21.6. The molecule has 108 valence electrons. The van der Waals surface area contributed by atoms with E-state index in [0.29, 0.717) is 25.6 Å². The van der Waals surface area contributed by atoms with Crippen LogP contribution in [0.4, 0.5) is 13.2 Å². The van der Waals surface area contributed by atoms with Gasteiger partial charge in [0.05, 0.1) is 6.54 Å². The highest BCUT2D eigenvalue weighted by Gasteiger charge is 2.34. The molecule has 1 rings (SSSR count). The summed E-state index contributed by atoms with van der Waals surface area (Å²) in [5, 5.41) is 5.95. The lowest BCUT2D eigenvalue weighted by Gasteiger charge is -2.18. The molecule has 0 bridgehead atoms. The second-order valence-electron chi connectivity index (χ2n) is 4.21. The molecule has 1 heterocycles. The van der Waals surface area contributed by atoms with Crippen molar-refractivity contribution in [3.8, 4) is 0 Å². The van der Waals surface area contributed by atoms with Crippen LogP contribution in [0.2, 0.25) is 0 Å². The topological polar surface area (TPSA) is 39.7 Å². The van der Waals surface area contributed by atoms with E-state index in [0.717, 1.165) is 6.42 Å². The molecule has 4 nitrogen and oxygen atoms in total. The van der Waals surface area contributed by atoms with E-state index < -0.39 is 12.7 Å². The molecule has 0 aromatic heterocycles. The van der Waals surface area contributed by atoms with Gasteiger partial charge in [0.1, 0.15) is 0 Å². The molecule has 1 saturated heterocycles. The van der Waals surface area contributed by atoms with Crippen molar-refractivity contribution in [3.05, 3.63) is 0 Å². The third-order valence-electron chi connectivity index (χ3n) is 2.79. The molecule has 0 aromatic carbocycles. The highest BCUT2D eigenvalue weighted by atomic mass is 127. The van der Waals surface area contributed by atoms with Crippen LogP contribution in [0, 0.1) is 5.92 Å². The maximum atomic E-state index is 12.2. The van der Waals surface area contributed by atoms with Crippen molar-refractivity contribution < 1.29 is 13.2 Å². The third-order valence-corrected chi connectivity index (χ3v) is 2.79. The van der Waals surface area contributed by atoms with Gasteiger partial charge in [-0.05, 0) is 18.9 Å². The molecule has 0 saturated carbocycles. The van der Waals surface area contributed by atoms with E-state index in [-0.39, 0.29) is 29.9 Å². The zero-order valence-electron chi connectivity index (χ0n) is 10.5. The zero-order valence-corrected chi connectivity index (χ0v) is 12.9. The Hall–Kier alpha value is -0.250. The van der Waals surface area contributed by atoms with Gasteiger partial charge in [-0.1, -0.05) is 0 Å². The number of rotatable bonds is 3. The van der Waals surface area contributed by atoms with Crippen LogP contribution in [-0.2, 0) is 0 Å². The molecule has 1 unspecified atom stereocenters. The molecule has 0 spiro atoms. The van der Waals surface area contributed by atoms with Gasteiger partial charge >= 0.3 is 6.18 Å². The quantitative estimate of drug-likeness (QED) is 0.441. The minimum absolute atomic E-state index is 0. The summed E-state index contributed by atoms with van der Waals surface area (Å²) in [5.74, 6) is 0.918. The third kappa shape index (κ3) is 6.62. The first-order chi connectivity index (χ1) is 7.94. The molecule has 0 aliphatic carbocycles. The summed E-state index contributed by atoms with van der Waals surface area (Å²) in [4.78, 5) is 5.40. The molecule has 2 N–H and O–H groups in total. The average Bonchev–Trinajstić information content (AvgIpc) is 2.64. The van der Waals surface area contributed by atoms with Crippen LogP contribution in [0.25, 0.3) is 0 Å². The van der Waals surface area contributed by atoms with Gasteiger partial charge in [0.15, 0.2) is 5.96 Å². The fraction of sp³-hybridized carbons (Fsp3) is 0.900. The Morgan fingerprint density at radius 2 is 2.11 bits per heavy atom. The van der Waals surface area contributed by atoms with E-state index in [9.17, 15) is 13.2 Å². The van der Waals surface area contributed by atoms with Gasteiger partial charge in [-0.2, -0.15) is 13.2 Å². The molecule has 1 atom stereocenters. The van der Waals surface area contributed by atoms with E-state index in [1.807, 2.05) is 0 Å². The van der Waals surface area contributed by atoms with Crippen LogP contribution in [0.15, 0.2) is 4.99 Å². The van der Waals surface area contributed by atoms with Crippen molar-refractivity contribution in [2.45, 2.75) is 12.6 Å². The molecule has 0 radical (unpaired) electrons. The van der Waals surface area contributed by atoms with E-state index in [2.05, 4.69) is 15.6 Å². The number of nitrogens with one attached hydrogen (secondary N) is 2. The minimum atomic E-state index is -4.09. The van der Waals surface area contributed by atoms with Gasteiger partial charge in [0.25, 0.3) is 0 Å². The molecular formula is C10H20F3IN4. The fourth-order valence-electron chi connectivity index (χ4n) is 2.00. The summed E-state index contributed by atoms with van der Waals surface area (Å²) >= 11 is 0. The summed E-state index contributed by atoms with van der Waals surface area (Å²) in [6.07, 6.45) is -3.30. The lowest BCUT2D eigenvalue weighted by Crippen LogP contribution is -2.39.